The third-order valence-corrected chi connectivity index (χ3v) is 5.73. The first kappa shape index (κ1) is 24.0. The maximum absolute atomic E-state index is 13.1. The minimum absolute atomic E-state index is 0. The molecule has 7 nitrogen and oxygen atoms in total. The maximum Gasteiger partial charge on any atom is 0.269 e. The second-order valence-electron chi connectivity index (χ2n) is 6.89. The SMILES string of the molecule is CN(C)CCCN(C(=O)Cc1ccc([N+](=O)[O-])cc1)c1nc2c(Cl)cccc2s1.Cl. The van der Waals surface area contributed by atoms with Gasteiger partial charge >= 0.3 is 0 Å². The summed E-state index contributed by atoms with van der Waals surface area (Å²) >= 11 is 7.68. The predicted molar refractivity (Wildman–Crippen MR) is 124 cm³/mol. The van der Waals surface area contributed by atoms with Crippen LogP contribution in [0.4, 0.5) is 10.8 Å². The van der Waals surface area contributed by atoms with Gasteiger partial charge in [-0.1, -0.05) is 41.1 Å². The fraction of sp³-hybridized carbons (Fsp3) is 0.300. The van der Waals surface area contributed by atoms with Crippen LogP contribution >= 0.6 is 35.3 Å². The molecule has 0 fully saturated rings. The van der Waals surface area contributed by atoms with Crippen molar-refractivity contribution in [1.29, 1.82) is 0 Å². The van der Waals surface area contributed by atoms with Gasteiger partial charge in [0.25, 0.3) is 5.69 Å². The van der Waals surface area contributed by atoms with Gasteiger partial charge in [0.05, 0.1) is 21.1 Å². The third kappa shape index (κ3) is 5.89. The molecule has 1 heterocycles. The van der Waals surface area contributed by atoms with Gasteiger partial charge in [-0.15, -0.1) is 12.4 Å². The van der Waals surface area contributed by atoms with Crippen molar-refractivity contribution in [3.8, 4) is 0 Å². The molecule has 0 unspecified atom stereocenters. The van der Waals surface area contributed by atoms with E-state index in [4.69, 9.17) is 11.6 Å². The van der Waals surface area contributed by atoms with Gasteiger partial charge in [-0.2, -0.15) is 0 Å². The smallest absolute Gasteiger partial charge is 0.269 e. The van der Waals surface area contributed by atoms with Crippen LogP contribution in [-0.2, 0) is 11.2 Å². The second-order valence-corrected chi connectivity index (χ2v) is 8.30. The number of hydrogen-bond acceptors (Lipinski definition) is 6. The number of halogens is 2. The Labute approximate surface area is 189 Å². The molecule has 0 spiro atoms. The van der Waals surface area contributed by atoms with E-state index in [9.17, 15) is 14.9 Å². The van der Waals surface area contributed by atoms with Crippen molar-refractivity contribution in [3.63, 3.8) is 0 Å². The number of para-hydroxylation sites is 1. The maximum atomic E-state index is 13.1. The zero-order valence-electron chi connectivity index (χ0n) is 16.6. The first-order valence-corrected chi connectivity index (χ1v) is 10.3. The summed E-state index contributed by atoms with van der Waals surface area (Å²) in [5, 5.41) is 12.0. The Hall–Kier alpha value is -2.26. The van der Waals surface area contributed by atoms with Gasteiger partial charge in [-0.25, -0.2) is 4.98 Å². The van der Waals surface area contributed by atoms with Crippen LogP contribution in [0.15, 0.2) is 42.5 Å². The number of non-ortho nitro benzene ring substituents is 1. The lowest BCUT2D eigenvalue weighted by molar-refractivity contribution is -0.384. The number of aromatic nitrogens is 1. The summed E-state index contributed by atoms with van der Waals surface area (Å²) in [7, 11) is 3.97. The third-order valence-electron chi connectivity index (χ3n) is 4.38. The molecule has 0 aliphatic rings. The number of thiazole rings is 1. The first-order valence-electron chi connectivity index (χ1n) is 9.08. The van der Waals surface area contributed by atoms with Gasteiger partial charge in [-0.3, -0.25) is 19.8 Å². The van der Waals surface area contributed by atoms with E-state index >= 15 is 0 Å². The summed E-state index contributed by atoms with van der Waals surface area (Å²) in [6.45, 7) is 1.37. The summed E-state index contributed by atoms with van der Waals surface area (Å²) in [5.74, 6) is -0.104. The predicted octanol–water partition coefficient (Wildman–Crippen LogP) is 4.81. The second kappa shape index (κ2) is 10.7. The topological polar surface area (TPSA) is 79.6 Å². The highest BCUT2D eigenvalue weighted by atomic mass is 35.5. The molecule has 3 aromatic rings. The highest BCUT2D eigenvalue weighted by Gasteiger charge is 2.21. The fourth-order valence-corrected chi connectivity index (χ4v) is 4.20. The Kier molecular flexibility index (Phi) is 8.54. The van der Waals surface area contributed by atoms with E-state index in [1.807, 2.05) is 26.2 Å². The summed E-state index contributed by atoms with van der Waals surface area (Å²) in [6, 6.07) is 11.6. The molecule has 0 aliphatic heterocycles. The number of carbonyl (C=O) groups is 1. The lowest BCUT2D eigenvalue weighted by Crippen LogP contribution is -2.34. The van der Waals surface area contributed by atoms with Crippen LogP contribution < -0.4 is 4.90 Å². The minimum atomic E-state index is -0.454. The zero-order chi connectivity index (χ0) is 21.0. The summed E-state index contributed by atoms with van der Waals surface area (Å²) in [5.41, 5.74) is 1.41. The van der Waals surface area contributed by atoms with E-state index < -0.39 is 4.92 Å². The minimum Gasteiger partial charge on any atom is -0.309 e. The van der Waals surface area contributed by atoms with Crippen molar-refractivity contribution in [2.24, 2.45) is 0 Å². The number of rotatable bonds is 8. The normalized spacial score (nSPS) is 10.8. The Morgan fingerprint density at radius 1 is 1.17 bits per heavy atom. The summed E-state index contributed by atoms with van der Waals surface area (Å²) < 4.78 is 0.924. The molecule has 0 radical (unpaired) electrons. The first-order chi connectivity index (χ1) is 13.8. The zero-order valence-corrected chi connectivity index (χ0v) is 19.0. The molecule has 0 aliphatic carbocycles. The molecule has 160 valence electrons. The van der Waals surface area contributed by atoms with E-state index in [2.05, 4.69) is 9.88 Å². The van der Waals surface area contributed by atoms with Crippen molar-refractivity contribution in [1.82, 2.24) is 9.88 Å². The van der Waals surface area contributed by atoms with Gasteiger partial charge in [0.15, 0.2) is 5.13 Å². The van der Waals surface area contributed by atoms with E-state index in [1.165, 1.54) is 23.5 Å². The quantitative estimate of drug-likeness (QED) is 0.350. The Morgan fingerprint density at radius 2 is 1.87 bits per heavy atom. The fourth-order valence-electron chi connectivity index (χ4n) is 2.90. The number of hydrogen-bond donors (Lipinski definition) is 0. The number of benzene rings is 2. The Bertz CT molecular complexity index is 1020. The number of nitro benzene ring substituents is 1. The van der Waals surface area contributed by atoms with Crippen molar-refractivity contribution in [3.05, 3.63) is 63.2 Å². The molecule has 0 atom stereocenters. The highest BCUT2D eigenvalue weighted by Crippen LogP contribution is 2.33. The Balaban J connectivity index is 0.00000320. The van der Waals surface area contributed by atoms with E-state index in [0.717, 1.165) is 23.2 Å². The van der Waals surface area contributed by atoms with Crippen LogP contribution in [0, 0.1) is 10.1 Å². The van der Waals surface area contributed by atoms with Gasteiger partial charge in [0, 0.05) is 18.7 Å². The average Bonchev–Trinajstić information content (AvgIpc) is 3.10. The van der Waals surface area contributed by atoms with E-state index in [0.29, 0.717) is 22.2 Å². The van der Waals surface area contributed by atoms with Crippen LogP contribution in [0.3, 0.4) is 0 Å². The van der Waals surface area contributed by atoms with Crippen molar-refractivity contribution < 1.29 is 9.72 Å². The number of amides is 1. The average molecular weight is 469 g/mol. The number of carbonyl (C=O) groups excluding carboxylic acids is 1. The molecule has 0 bridgehead atoms. The van der Waals surface area contributed by atoms with Crippen molar-refractivity contribution >= 4 is 62.3 Å². The van der Waals surface area contributed by atoms with Crippen molar-refractivity contribution in [2.75, 3.05) is 32.1 Å². The van der Waals surface area contributed by atoms with Gasteiger partial charge in [-0.05, 0) is 44.8 Å². The lowest BCUT2D eigenvalue weighted by atomic mass is 10.1. The number of anilines is 1. The molecule has 10 heteroatoms. The molecular weight excluding hydrogens is 447 g/mol. The van der Waals surface area contributed by atoms with Crippen molar-refractivity contribution in [2.45, 2.75) is 12.8 Å². The molecule has 3 rings (SSSR count). The van der Waals surface area contributed by atoms with Crippen LogP contribution in [0.1, 0.15) is 12.0 Å². The molecule has 0 saturated carbocycles. The molecule has 1 aromatic heterocycles. The van der Waals surface area contributed by atoms with Gasteiger partial charge in [0.1, 0.15) is 5.52 Å². The number of nitro groups is 1. The van der Waals surface area contributed by atoms with Crippen LogP contribution in [-0.4, -0.2) is 47.9 Å². The molecular formula is C20H22Cl2N4O3S. The number of nitrogens with zero attached hydrogens (tertiary/aromatic N) is 4. The summed E-state index contributed by atoms with van der Waals surface area (Å²) in [4.78, 5) is 31.8. The van der Waals surface area contributed by atoms with Gasteiger partial charge in [0.2, 0.25) is 5.91 Å². The lowest BCUT2D eigenvalue weighted by Gasteiger charge is -2.21. The largest absolute Gasteiger partial charge is 0.309 e. The van der Waals surface area contributed by atoms with Gasteiger partial charge < -0.3 is 4.90 Å². The molecule has 30 heavy (non-hydrogen) atoms. The van der Waals surface area contributed by atoms with Crippen LogP contribution in [0.2, 0.25) is 5.02 Å². The number of fused-ring (bicyclic) bond motifs is 1. The molecule has 1 amide bonds. The van der Waals surface area contributed by atoms with E-state index in [1.54, 1.807) is 23.1 Å². The highest BCUT2D eigenvalue weighted by molar-refractivity contribution is 7.22. The molecule has 0 saturated heterocycles. The van der Waals surface area contributed by atoms with Crippen LogP contribution in [0.25, 0.3) is 10.2 Å². The standard InChI is InChI=1S/C20H21ClN4O3S.ClH/c1-23(2)11-4-12-24(20-22-19-16(21)5-3-6-17(19)29-20)18(26)13-14-7-9-15(10-8-14)25(27)28;/h3,5-10H,4,11-13H2,1-2H3;1H. The summed E-state index contributed by atoms with van der Waals surface area (Å²) in [6.07, 6.45) is 0.937. The van der Waals surface area contributed by atoms with Crippen LogP contribution in [0.5, 0.6) is 0 Å². The van der Waals surface area contributed by atoms with E-state index in [-0.39, 0.29) is 30.4 Å². The molecule has 2 aromatic carbocycles. The Morgan fingerprint density at radius 3 is 2.47 bits per heavy atom. The molecule has 0 N–H and O–H groups in total. The monoisotopic (exact) mass is 468 g/mol.